The molecule has 15 heavy (non-hydrogen) atoms. The highest BCUT2D eigenvalue weighted by Gasteiger charge is 2.30. The molecule has 1 aromatic rings. The first kappa shape index (κ1) is 10.5. The Morgan fingerprint density at radius 3 is 3.13 bits per heavy atom. The molecule has 5 nitrogen and oxygen atoms in total. The standard InChI is InChI=1S/C9H13N3O2S/c1-6(13)7-2-3-12(4-7)9(14)8-5-15-11-10-8/h5-7,13H,2-4H2,1H3. The molecule has 0 spiro atoms. The van der Waals surface area contributed by atoms with Crippen LogP contribution in [0, 0.1) is 5.92 Å². The molecule has 0 radical (unpaired) electrons. The molecule has 1 aromatic heterocycles. The van der Waals surface area contributed by atoms with E-state index in [9.17, 15) is 9.90 Å². The third-order valence-corrected chi connectivity index (χ3v) is 3.28. The van der Waals surface area contributed by atoms with Gasteiger partial charge in [-0.15, -0.1) is 5.10 Å². The molecular formula is C9H13N3O2S. The molecule has 0 saturated carbocycles. The second-order valence-electron chi connectivity index (χ2n) is 3.83. The van der Waals surface area contributed by atoms with Crippen molar-refractivity contribution in [2.45, 2.75) is 19.4 Å². The Morgan fingerprint density at radius 2 is 2.60 bits per heavy atom. The smallest absolute Gasteiger partial charge is 0.275 e. The van der Waals surface area contributed by atoms with Gasteiger partial charge in [-0.2, -0.15) is 0 Å². The van der Waals surface area contributed by atoms with Crippen LogP contribution in [-0.4, -0.2) is 44.7 Å². The summed E-state index contributed by atoms with van der Waals surface area (Å²) in [7, 11) is 0. The van der Waals surface area contributed by atoms with Crippen LogP contribution in [0.25, 0.3) is 0 Å². The van der Waals surface area contributed by atoms with Gasteiger partial charge in [0.25, 0.3) is 5.91 Å². The first-order chi connectivity index (χ1) is 7.18. The Balaban J connectivity index is 1.99. The second-order valence-corrected chi connectivity index (χ2v) is 4.44. The maximum atomic E-state index is 11.8. The van der Waals surface area contributed by atoms with E-state index in [-0.39, 0.29) is 17.9 Å². The molecule has 1 amide bonds. The number of aliphatic hydroxyl groups is 1. The third kappa shape index (κ3) is 2.15. The normalized spacial score (nSPS) is 23.1. The number of hydrogen-bond donors (Lipinski definition) is 1. The number of rotatable bonds is 2. The minimum absolute atomic E-state index is 0.0769. The summed E-state index contributed by atoms with van der Waals surface area (Å²) in [5.41, 5.74) is 0.409. The van der Waals surface area contributed by atoms with E-state index in [1.54, 1.807) is 17.2 Å². The van der Waals surface area contributed by atoms with Crippen molar-refractivity contribution in [3.8, 4) is 0 Å². The summed E-state index contributed by atoms with van der Waals surface area (Å²) in [6, 6.07) is 0. The van der Waals surface area contributed by atoms with E-state index in [4.69, 9.17) is 0 Å². The summed E-state index contributed by atoms with van der Waals surface area (Å²) in [6.45, 7) is 3.09. The highest BCUT2D eigenvalue weighted by Crippen LogP contribution is 2.21. The zero-order valence-corrected chi connectivity index (χ0v) is 9.28. The first-order valence-corrected chi connectivity index (χ1v) is 5.76. The van der Waals surface area contributed by atoms with Crippen LogP contribution in [-0.2, 0) is 0 Å². The Hall–Kier alpha value is -1.01. The van der Waals surface area contributed by atoms with Crippen LogP contribution in [0.3, 0.4) is 0 Å². The Bertz CT molecular complexity index is 339. The number of carbonyl (C=O) groups excluding carboxylic acids is 1. The van der Waals surface area contributed by atoms with Crippen molar-refractivity contribution in [3.63, 3.8) is 0 Å². The molecule has 0 aromatic carbocycles. The zero-order chi connectivity index (χ0) is 10.8. The molecule has 2 heterocycles. The van der Waals surface area contributed by atoms with E-state index in [0.717, 1.165) is 6.42 Å². The zero-order valence-electron chi connectivity index (χ0n) is 8.46. The molecule has 2 unspecified atom stereocenters. The van der Waals surface area contributed by atoms with Crippen molar-refractivity contribution in [1.29, 1.82) is 0 Å². The van der Waals surface area contributed by atoms with Gasteiger partial charge in [0, 0.05) is 24.4 Å². The number of nitrogens with zero attached hydrogens (tertiary/aromatic N) is 3. The summed E-state index contributed by atoms with van der Waals surface area (Å²) in [4.78, 5) is 13.6. The van der Waals surface area contributed by atoms with Crippen molar-refractivity contribution in [3.05, 3.63) is 11.1 Å². The number of aromatic nitrogens is 2. The van der Waals surface area contributed by atoms with Crippen molar-refractivity contribution < 1.29 is 9.90 Å². The van der Waals surface area contributed by atoms with Gasteiger partial charge in [-0.25, -0.2) is 0 Å². The van der Waals surface area contributed by atoms with E-state index in [1.165, 1.54) is 11.5 Å². The minimum atomic E-state index is -0.351. The predicted octanol–water partition coefficient (Wildman–Crippen LogP) is 0.381. The van der Waals surface area contributed by atoms with Crippen molar-refractivity contribution >= 4 is 17.4 Å². The van der Waals surface area contributed by atoms with E-state index >= 15 is 0 Å². The fourth-order valence-corrected chi connectivity index (χ4v) is 2.22. The Kier molecular flexibility index (Phi) is 2.97. The molecule has 2 rings (SSSR count). The van der Waals surface area contributed by atoms with Crippen molar-refractivity contribution in [2.75, 3.05) is 13.1 Å². The van der Waals surface area contributed by atoms with Crippen LogP contribution in [0.4, 0.5) is 0 Å². The van der Waals surface area contributed by atoms with Crippen LogP contribution in [0.15, 0.2) is 5.38 Å². The minimum Gasteiger partial charge on any atom is -0.393 e. The number of carbonyl (C=O) groups is 1. The fourth-order valence-electron chi connectivity index (χ4n) is 1.79. The quantitative estimate of drug-likeness (QED) is 0.793. The highest BCUT2D eigenvalue weighted by atomic mass is 32.1. The molecule has 82 valence electrons. The molecule has 0 bridgehead atoms. The lowest BCUT2D eigenvalue weighted by Crippen LogP contribution is -2.30. The molecule has 0 aliphatic carbocycles. The second kappa shape index (κ2) is 4.24. The summed E-state index contributed by atoms with van der Waals surface area (Å²) >= 11 is 1.18. The molecule has 1 aliphatic heterocycles. The highest BCUT2D eigenvalue weighted by molar-refractivity contribution is 7.03. The largest absolute Gasteiger partial charge is 0.393 e. The average Bonchev–Trinajstić information content (AvgIpc) is 2.88. The number of likely N-dealkylation sites (tertiary alicyclic amines) is 1. The molecule has 1 N–H and O–H groups in total. The van der Waals surface area contributed by atoms with Crippen LogP contribution in [0.5, 0.6) is 0 Å². The SMILES string of the molecule is CC(O)C1CCN(C(=O)c2csnn2)C1. The van der Waals surface area contributed by atoms with Gasteiger partial charge in [0.2, 0.25) is 0 Å². The van der Waals surface area contributed by atoms with E-state index in [2.05, 4.69) is 9.59 Å². The molecule has 1 fully saturated rings. The van der Waals surface area contributed by atoms with Gasteiger partial charge in [0.1, 0.15) is 0 Å². The number of amides is 1. The molecule has 1 saturated heterocycles. The average molecular weight is 227 g/mol. The summed E-state index contributed by atoms with van der Waals surface area (Å²) in [6.07, 6.45) is 0.511. The van der Waals surface area contributed by atoms with Crippen LogP contribution >= 0.6 is 11.5 Å². The van der Waals surface area contributed by atoms with Gasteiger partial charge in [-0.05, 0) is 24.9 Å². The topological polar surface area (TPSA) is 66.3 Å². The van der Waals surface area contributed by atoms with Gasteiger partial charge in [-0.3, -0.25) is 4.79 Å². The summed E-state index contributed by atoms with van der Waals surface area (Å²) < 4.78 is 3.66. The fraction of sp³-hybridized carbons (Fsp3) is 0.667. The van der Waals surface area contributed by atoms with E-state index in [0.29, 0.717) is 18.8 Å². The van der Waals surface area contributed by atoms with Gasteiger partial charge in [-0.1, -0.05) is 4.49 Å². The van der Waals surface area contributed by atoms with Gasteiger partial charge in [0.15, 0.2) is 5.69 Å². The lowest BCUT2D eigenvalue weighted by molar-refractivity contribution is 0.0757. The molecule has 6 heteroatoms. The van der Waals surface area contributed by atoms with Crippen molar-refractivity contribution in [1.82, 2.24) is 14.5 Å². The van der Waals surface area contributed by atoms with Crippen molar-refractivity contribution in [2.24, 2.45) is 5.92 Å². The predicted molar refractivity (Wildman–Crippen MR) is 55.6 cm³/mol. The monoisotopic (exact) mass is 227 g/mol. The third-order valence-electron chi connectivity index (χ3n) is 2.77. The molecule has 1 aliphatic rings. The van der Waals surface area contributed by atoms with Gasteiger partial charge < -0.3 is 10.0 Å². The van der Waals surface area contributed by atoms with Gasteiger partial charge >= 0.3 is 0 Å². The molecular weight excluding hydrogens is 214 g/mol. The van der Waals surface area contributed by atoms with E-state index < -0.39 is 0 Å². The Morgan fingerprint density at radius 1 is 1.80 bits per heavy atom. The Labute approximate surface area is 91.9 Å². The maximum absolute atomic E-state index is 11.8. The first-order valence-electron chi connectivity index (χ1n) is 4.93. The summed E-state index contributed by atoms with van der Waals surface area (Å²) in [5.74, 6) is 0.118. The maximum Gasteiger partial charge on any atom is 0.275 e. The van der Waals surface area contributed by atoms with Crippen LogP contribution < -0.4 is 0 Å². The number of hydrogen-bond acceptors (Lipinski definition) is 5. The van der Waals surface area contributed by atoms with Gasteiger partial charge in [0.05, 0.1) is 6.10 Å². The number of aliphatic hydroxyl groups excluding tert-OH is 1. The lowest BCUT2D eigenvalue weighted by Gasteiger charge is -2.16. The lowest BCUT2D eigenvalue weighted by atomic mass is 10.0. The summed E-state index contributed by atoms with van der Waals surface area (Å²) in [5, 5.41) is 14.8. The molecule has 2 atom stereocenters. The van der Waals surface area contributed by atoms with Crippen LogP contribution in [0.2, 0.25) is 0 Å². The van der Waals surface area contributed by atoms with E-state index in [1.807, 2.05) is 0 Å². The van der Waals surface area contributed by atoms with Crippen LogP contribution in [0.1, 0.15) is 23.8 Å².